The Labute approximate surface area is 124 Å². The van der Waals surface area contributed by atoms with Crippen LogP contribution in [0.5, 0.6) is 0 Å². The van der Waals surface area contributed by atoms with Crippen LogP contribution in [0.1, 0.15) is 35.2 Å². The Kier molecular flexibility index (Phi) is 5.27. The van der Waals surface area contributed by atoms with Crippen LogP contribution in [-0.4, -0.2) is 30.5 Å². The third-order valence-electron chi connectivity index (χ3n) is 3.89. The zero-order valence-electron chi connectivity index (χ0n) is 12.2. The van der Waals surface area contributed by atoms with Crippen molar-refractivity contribution < 1.29 is 9.72 Å². The quantitative estimate of drug-likeness (QED) is 0.642. The second kappa shape index (κ2) is 7.17. The van der Waals surface area contributed by atoms with Gasteiger partial charge in [0.15, 0.2) is 0 Å². The summed E-state index contributed by atoms with van der Waals surface area (Å²) in [6.07, 6.45) is 3.37. The summed E-state index contributed by atoms with van der Waals surface area (Å²) in [7, 11) is 0. The van der Waals surface area contributed by atoms with Crippen molar-refractivity contribution in [2.24, 2.45) is 5.92 Å². The molecule has 0 aromatic heterocycles. The number of hydrogen-bond donors (Lipinski definition) is 2. The van der Waals surface area contributed by atoms with Gasteiger partial charge in [-0.05, 0) is 57.3 Å². The lowest BCUT2D eigenvalue weighted by atomic mass is 9.96. The molecule has 2 rings (SSSR count). The van der Waals surface area contributed by atoms with Gasteiger partial charge in [0.25, 0.3) is 11.6 Å². The molecule has 1 heterocycles. The number of rotatable bonds is 5. The van der Waals surface area contributed by atoms with Gasteiger partial charge in [-0.25, -0.2) is 0 Å². The average molecular weight is 291 g/mol. The maximum Gasteiger partial charge on any atom is 0.272 e. The molecule has 1 aromatic rings. The Hall–Kier alpha value is -1.95. The molecule has 1 amide bonds. The van der Waals surface area contributed by atoms with Crippen LogP contribution in [0.25, 0.3) is 0 Å². The van der Waals surface area contributed by atoms with Gasteiger partial charge in [-0.2, -0.15) is 0 Å². The topological polar surface area (TPSA) is 84.3 Å². The second-order valence-corrected chi connectivity index (χ2v) is 5.52. The molecular weight excluding hydrogens is 270 g/mol. The number of amides is 1. The highest BCUT2D eigenvalue weighted by Crippen LogP contribution is 2.19. The van der Waals surface area contributed by atoms with E-state index in [0.29, 0.717) is 23.6 Å². The molecule has 0 saturated carbocycles. The highest BCUT2D eigenvalue weighted by atomic mass is 16.6. The SMILES string of the molecule is Cc1cc(C(=O)NCCC2CCCNC2)ccc1[N+](=O)[O-]. The maximum absolute atomic E-state index is 12.0. The number of carbonyl (C=O) groups is 1. The maximum atomic E-state index is 12.0. The van der Waals surface area contributed by atoms with E-state index >= 15 is 0 Å². The summed E-state index contributed by atoms with van der Waals surface area (Å²) in [6, 6.07) is 4.45. The Morgan fingerprint density at radius 3 is 2.95 bits per heavy atom. The molecule has 0 aliphatic carbocycles. The van der Waals surface area contributed by atoms with Crippen molar-refractivity contribution >= 4 is 11.6 Å². The van der Waals surface area contributed by atoms with E-state index in [4.69, 9.17) is 0 Å². The second-order valence-electron chi connectivity index (χ2n) is 5.52. The summed E-state index contributed by atoms with van der Waals surface area (Å²) < 4.78 is 0. The number of hydrogen-bond acceptors (Lipinski definition) is 4. The fourth-order valence-corrected chi connectivity index (χ4v) is 2.66. The average Bonchev–Trinajstić information content (AvgIpc) is 2.47. The molecular formula is C15H21N3O3. The molecule has 2 N–H and O–H groups in total. The lowest BCUT2D eigenvalue weighted by molar-refractivity contribution is -0.385. The van der Waals surface area contributed by atoms with Crippen LogP contribution >= 0.6 is 0 Å². The molecule has 1 aliphatic rings. The Morgan fingerprint density at radius 2 is 2.33 bits per heavy atom. The first-order valence-electron chi connectivity index (χ1n) is 7.32. The fraction of sp³-hybridized carbons (Fsp3) is 0.533. The minimum Gasteiger partial charge on any atom is -0.352 e. The smallest absolute Gasteiger partial charge is 0.272 e. The van der Waals surface area contributed by atoms with Crippen molar-refractivity contribution in [1.82, 2.24) is 10.6 Å². The van der Waals surface area contributed by atoms with Crippen molar-refractivity contribution in [3.63, 3.8) is 0 Å². The summed E-state index contributed by atoms with van der Waals surface area (Å²) in [4.78, 5) is 22.3. The molecule has 1 atom stereocenters. The van der Waals surface area contributed by atoms with E-state index in [2.05, 4.69) is 10.6 Å². The summed E-state index contributed by atoms with van der Waals surface area (Å²) in [5.41, 5.74) is 1.02. The van der Waals surface area contributed by atoms with Crippen molar-refractivity contribution in [2.75, 3.05) is 19.6 Å². The van der Waals surface area contributed by atoms with Gasteiger partial charge in [-0.15, -0.1) is 0 Å². The Balaban J connectivity index is 1.85. The highest BCUT2D eigenvalue weighted by molar-refractivity contribution is 5.94. The van der Waals surface area contributed by atoms with Gasteiger partial charge in [0.2, 0.25) is 0 Å². The van der Waals surface area contributed by atoms with Crippen LogP contribution < -0.4 is 10.6 Å². The molecule has 0 bridgehead atoms. The van der Waals surface area contributed by atoms with E-state index in [1.165, 1.54) is 25.0 Å². The van der Waals surface area contributed by atoms with E-state index in [1.807, 2.05) is 0 Å². The summed E-state index contributed by atoms with van der Waals surface area (Å²) in [5, 5.41) is 17.0. The molecule has 1 unspecified atom stereocenters. The van der Waals surface area contributed by atoms with E-state index in [1.54, 1.807) is 13.0 Å². The van der Waals surface area contributed by atoms with E-state index in [-0.39, 0.29) is 11.6 Å². The molecule has 1 aliphatic heterocycles. The standard InChI is InChI=1S/C15H21N3O3/c1-11-9-13(4-5-14(11)18(20)21)15(19)17-8-6-12-3-2-7-16-10-12/h4-5,9,12,16H,2-3,6-8,10H2,1H3,(H,17,19). The molecule has 21 heavy (non-hydrogen) atoms. The lowest BCUT2D eigenvalue weighted by Crippen LogP contribution is -2.33. The number of nitro benzene ring substituents is 1. The van der Waals surface area contributed by atoms with Gasteiger partial charge in [-0.3, -0.25) is 14.9 Å². The van der Waals surface area contributed by atoms with Gasteiger partial charge in [0.1, 0.15) is 0 Å². The van der Waals surface area contributed by atoms with Crippen LogP contribution in [0.4, 0.5) is 5.69 Å². The monoisotopic (exact) mass is 291 g/mol. The zero-order valence-corrected chi connectivity index (χ0v) is 12.2. The first kappa shape index (κ1) is 15.4. The van der Waals surface area contributed by atoms with E-state index in [0.717, 1.165) is 19.5 Å². The summed E-state index contributed by atoms with van der Waals surface area (Å²) in [6.45, 7) is 4.39. The predicted molar refractivity (Wildman–Crippen MR) is 80.4 cm³/mol. The first-order valence-corrected chi connectivity index (χ1v) is 7.32. The minimum atomic E-state index is -0.437. The summed E-state index contributed by atoms with van der Waals surface area (Å²) >= 11 is 0. The van der Waals surface area contributed by atoms with Gasteiger partial charge in [-0.1, -0.05) is 0 Å². The predicted octanol–water partition coefficient (Wildman–Crippen LogP) is 2.02. The van der Waals surface area contributed by atoms with Crippen LogP contribution in [0, 0.1) is 23.0 Å². The number of nitro groups is 1. The molecule has 1 aromatic carbocycles. The molecule has 6 nitrogen and oxygen atoms in total. The van der Waals surface area contributed by atoms with Gasteiger partial charge in [0, 0.05) is 23.7 Å². The lowest BCUT2D eigenvalue weighted by Gasteiger charge is -2.22. The molecule has 1 saturated heterocycles. The number of carbonyl (C=O) groups excluding carboxylic acids is 1. The third-order valence-corrected chi connectivity index (χ3v) is 3.89. The van der Waals surface area contributed by atoms with E-state index < -0.39 is 4.92 Å². The van der Waals surface area contributed by atoms with Crippen molar-refractivity contribution in [2.45, 2.75) is 26.2 Å². The number of aryl methyl sites for hydroxylation is 1. The van der Waals surface area contributed by atoms with Crippen molar-refractivity contribution in [3.05, 3.63) is 39.4 Å². The highest BCUT2D eigenvalue weighted by Gasteiger charge is 2.15. The van der Waals surface area contributed by atoms with Crippen molar-refractivity contribution in [1.29, 1.82) is 0 Å². The Bertz CT molecular complexity index is 525. The minimum absolute atomic E-state index is 0.0415. The molecule has 1 fully saturated rings. The first-order chi connectivity index (χ1) is 10.1. The third kappa shape index (κ3) is 4.26. The number of benzene rings is 1. The van der Waals surface area contributed by atoms with Gasteiger partial charge >= 0.3 is 0 Å². The molecule has 114 valence electrons. The van der Waals surface area contributed by atoms with Crippen LogP contribution in [0.2, 0.25) is 0 Å². The Morgan fingerprint density at radius 1 is 1.52 bits per heavy atom. The number of nitrogens with one attached hydrogen (secondary N) is 2. The van der Waals surface area contributed by atoms with Gasteiger partial charge < -0.3 is 10.6 Å². The zero-order chi connectivity index (χ0) is 15.2. The molecule has 0 spiro atoms. The van der Waals surface area contributed by atoms with E-state index in [9.17, 15) is 14.9 Å². The molecule has 0 radical (unpaired) electrons. The van der Waals surface area contributed by atoms with Crippen LogP contribution in [-0.2, 0) is 0 Å². The fourth-order valence-electron chi connectivity index (χ4n) is 2.66. The van der Waals surface area contributed by atoms with Crippen molar-refractivity contribution in [3.8, 4) is 0 Å². The summed E-state index contributed by atoms with van der Waals surface area (Å²) in [5.74, 6) is 0.453. The number of nitrogens with zero attached hydrogens (tertiary/aromatic N) is 1. The van der Waals surface area contributed by atoms with Crippen LogP contribution in [0.15, 0.2) is 18.2 Å². The number of piperidine rings is 1. The molecule has 6 heteroatoms. The van der Waals surface area contributed by atoms with Crippen LogP contribution in [0.3, 0.4) is 0 Å². The normalized spacial score (nSPS) is 18.2. The van der Waals surface area contributed by atoms with Gasteiger partial charge in [0.05, 0.1) is 4.92 Å². The largest absolute Gasteiger partial charge is 0.352 e.